The number of hydrogen-bond donors (Lipinski definition) is 2. The van der Waals surface area contributed by atoms with Gasteiger partial charge in [-0.2, -0.15) is 0 Å². The SMILES string of the molecule is CCO[C@H]1OC(C(=O)NCCOC)=C[C@@H](c2ccc(C(=O)OC)cc2)[C@H]1CCOCCOCCO. The quantitative estimate of drug-likeness (QED) is 0.260. The van der Waals surface area contributed by atoms with Crippen molar-refractivity contribution in [3.05, 3.63) is 47.2 Å². The summed E-state index contributed by atoms with van der Waals surface area (Å²) in [6, 6.07) is 7.09. The zero-order chi connectivity index (χ0) is 25.5. The molecule has 1 aliphatic rings. The molecule has 2 N–H and O–H groups in total. The molecule has 0 aromatic heterocycles. The van der Waals surface area contributed by atoms with Crippen LogP contribution in [0.15, 0.2) is 36.1 Å². The van der Waals surface area contributed by atoms with E-state index in [1.807, 2.05) is 19.1 Å². The van der Waals surface area contributed by atoms with E-state index in [2.05, 4.69) is 5.32 Å². The molecule has 196 valence electrons. The Morgan fingerprint density at radius 2 is 1.74 bits per heavy atom. The smallest absolute Gasteiger partial charge is 0.337 e. The van der Waals surface area contributed by atoms with Crippen LogP contribution in [0.4, 0.5) is 0 Å². The van der Waals surface area contributed by atoms with Crippen molar-refractivity contribution in [2.24, 2.45) is 5.92 Å². The first-order valence-corrected chi connectivity index (χ1v) is 11.8. The molecule has 0 fully saturated rings. The van der Waals surface area contributed by atoms with Crippen LogP contribution < -0.4 is 5.32 Å². The van der Waals surface area contributed by atoms with Gasteiger partial charge in [-0.25, -0.2) is 4.79 Å². The molecule has 1 heterocycles. The van der Waals surface area contributed by atoms with Gasteiger partial charge in [0.15, 0.2) is 5.76 Å². The van der Waals surface area contributed by atoms with Crippen molar-refractivity contribution in [3.8, 4) is 0 Å². The zero-order valence-electron chi connectivity index (χ0n) is 20.7. The summed E-state index contributed by atoms with van der Waals surface area (Å²) in [6.07, 6.45) is 1.73. The predicted octanol–water partition coefficient (Wildman–Crippen LogP) is 1.63. The number of nitrogens with one attached hydrogen (secondary N) is 1. The average Bonchev–Trinajstić information content (AvgIpc) is 2.88. The summed E-state index contributed by atoms with van der Waals surface area (Å²) in [5, 5.41) is 11.6. The summed E-state index contributed by atoms with van der Waals surface area (Å²) >= 11 is 0. The highest BCUT2D eigenvalue weighted by molar-refractivity contribution is 5.92. The Hall–Kier alpha value is -2.50. The minimum Gasteiger partial charge on any atom is -0.465 e. The number of esters is 1. The van der Waals surface area contributed by atoms with Crippen LogP contribution in [0.2, 0.25) is 0 Å². The molecule has 0 bridgehead atoms. The summed E-state index contributed by atoms with van der Waals surface area (Å²) in [5.41, 5.74) is 1.35. The van der Waals surface area contributed by atoms with Crippen LogP contribution in [0, 0.1) is 5.92 Å². The van der Waals surface area contributed by atoms with Crippen molar-refractivity contribution in [1.29, 1.82) is 0 Å². The van der Waals surface area contributed by atoms with Gasteiger partial charge in [-0.15, -0.1) is 0 Å². The van der Waals surface area contributed by atoms with Crippen molar-refractivity contribution >= 4 is 11.9 Å². The van der Waals surface area contributed by atoms with Gasteiger partial charge in [0.1, 0.15) is 0 Å². The number of aliphatic hydroxyl groups excluding tert-OH is 1. The first-order valence-electron chi connectivity index (χ1n) is 11.8. The molecule has 0 aliphatic carbocycles. The second-order valence-corrected chi connectivity index (χ2v) is 7.76. The lowest BCUT2D eigenvalue weighted by Crippen LogP contribution is -2.40. The van der Waals surface area contributed by atoms with Crippen molar-refractivity contribution in [2.45, 2.75) is 25.6 Å². The third kappa shape index (κ3) is 9.23. The third-order valence-corrected chi connectivity index (χ3v) is 5.45. The normalized spacial score (nSPS) is 19.5. The van der Waals surface area contributed by atoms with E-state index < -0.39 is 12.3 Å². The number of amides is 1. The van der Waals surface area contributed by atoms with E-state index in [0.717, 1.165) is 5.56 Å². The van der Waals surface area contributed by atoms with Crippen LogP contribution >= 0.6 is 0 Å². The molecule has 3 atom stereocenters. The summed E-state index contributed by atoms with van der Waals surface area (Å²) in [7, 11) is 2.90. The Labute approximate surface area is 206 Å². The molecule has 0 saturated heterocycles. The molecule has 1 aromatic carbocycles. The van der Waals surface area contributed by atoms with Crippen LogP contribution in [-0.4, -0.2) is 90.3 Å². The van der Waals surface area contributed by atoms with E-state index in [1.54, 1.807) is 25.3 Å². The third-order valence-electron chi connectivity index (χ3n) is 5.45. The maximum atomic E-state index is 12.7. The Bertz CT molecular complexity index is 797. The van der Waals surface area contributed by atoms with Gasteiger partial charge >= 0.3 is 5.97 Å². The highest BCUT2D eigenvalue weighted by Gasteiger charge is 2.38. The van der Waals surface area contributed by atoms with Gasteiger partial charge in [0, 0.05) is 38.7 Å². The molecular formula is C25H37NO9. The summed E-state index contributed by atoms with van der Waals surface area (Å²) < 4.78 is 32.6. The highest BCUT2D eigenvalue weighted by atomic mass is 16.7. The minimum atomic E-state index is -0.660. The standard InChI is InChI=1S/C25H37NO9/c1-4-34-25-20(9-12-32-15-16-33-14-11-27)21(17-22(35-25)23(28)26-10-13-30-2)18-5-7-19(8-6-18)24(29)31-3/h5-8,17,20-21,25,27H,4,9-16H2,1-3H3,(H,26,28)/t20-,21+,25+/m1/s1. The molecule has 0 radical (unpaired) electrons. The van der Waals surface area contributed by atoms with Gasteiger partial charge in [-0.05, 0) is 37.1 Å². The first kappa shape index (κ1) is 28.7. The summed E-state index contributed by atoms with van der Waals surface area (Å²) in [6.45, 7) is 4.47. The fourth-order valence-electron chi connectivity index (χ4n) is 3.74. The largest absolute Gasteiger partial charge is 0.465 e. The molecule has 1 aromatic rings. The fraction of sp³-hybridized carbons (Fsp3) is 0.600. The molecule has 0 spiro atoms. The molecule has 1 amide bonds. The number of ether oxygens (including phenoxy) is 6. The lowest BCUT2D eigenvalue weighted by atomic mass is 9.81. The van der Waals surface area contributed by atoms with Crippen LogP contribution in [0.5, 0.6) is 0 Å². The number of methoxy groups -OCH3 is 2. The molecule has 1 aliphatic heterocycles. The molecule has 10 nitrogen and oxygen atoms in total. The number of benzene rings is 1. The van der Waals surface area contributed by atoms with E-state index in [4.69, 9.17) is 33.5 Å². The number of aliphatic hydroxyl groups is 1. The lowest BCUT2D eigenvalue weighted by Gasteiger charge is -2.37. The minimum absolute atomic E-state index is 0.0282. The number of carbonyl (C=O) groups is 2. The van der Waals surface area contributed by atoms with Crippen molar-refractivity contribution in [3.63, 3.8) is 0 Å². The van der Waals surface area contributed by atoms with Crippen molar-refractivity contribution in [1.82, 2.24) is 5.32 Å². The Balaban J connectivity index is 2.23. The van der Waals surface area contributed by atoms with E-state index >= 15 is 0 Å². The number of carbonyl (C=O) groups excluding carboxylic acids is 2. The van der Waals surface area contributed by atoms with Crippen LogP contribution in [0.3, 0.4) is 0 Å². The fourth-order valence-corrected chi connectivity index (χ4v) is 3.74. The second-order valence-electron chi connectivity index (χ2n) is 7.76. The van der Waals surface area contributed by atoms with Crippen LogP contribution in [0.25, 0.3) is 0 Å². The molecular weight excluding hydrogens is 458 g/mol. The number of hydrogen-bond acceptors (Lipinski definition) is 9. The molecule has 10 heteroatoms. The molecule has 2 rings (SSSR count). The second kappa shape index (κ2) is 16.2. The van der Waals surface area contributed by atoms with Gasteiger partial charge < -0.3 is 38.8 Å². The van der Waals surface area contributed by atoms with Crippen LogP contribution in [-0.2, 0) is 33.2 Å². The molecule has 35 heavy (non-hydrogen) atoms. The lowest BCUT2D eigenvalue weighted by molar-refractivity contribution is -0.168. The van der Waals surface area contributed by atoms with Crippen molar-refractivity contribution < 1.29 is 43.1 Å². The van der Waals surface area contributed by atoms with Gasteiger partial charge in [0.2, 0.25) is 6.29 Å². The van der Waals surface area contributed by atoms with Gasteiger partial charge in [0.05, 0.1) is 45.7 Å². The summed E-state index contributed by atoms with van der Waals surface area (Å²) in [5.74, 6) is -0.954. The zero-order valence-corrected chi connectivity index (χ0v) is 20.7. The highest BCUT2D eigenvalue weighted by Crippen LogP contribution is 2.39. The van der Waals surface area contributed by atoms with Gasteiger partial charge in [-0.1, -0.05) is 12.1 Å². The Morgan fingerprint density at radius 1 is 1.03 bits per heavy atom. The Morgan fingerprint density at radius 3 is 2.37 bits per heavy atom. The average molecular weight is 496 g/mol. The number of allylic oxidation sites excluding steroid dienone is 1. The molecule has 0 unspecified atom stereocenters. The first-order chi connectivity index (χ1) is 17.0. The molecule has 0 saturated carbocycles. The maximum absolute atomic E-state index is 12.7. The van der Waals surface area contributed by atoms with E-state index in [-0.39, 0.29) is 36.7 Å². The van der Waals surface area contributed by atoms with E-state index in [9.17, 15) is 9.59 Å². The summed E-state index contributed by atoms with van der Waals surface area (Å²) in [4.78, 5) is 24.6. The Kier molecular flexibility index (Phi) is 13.3. The predicted molar refractivity (Wildman–Crippen MR) is 127 cm³/mol. The van der Waals surface area contributed by atoms with Crippen molar-refractivity contribution in [2.75, 3.05) is 67.0 Å². The van der Waals surface area contributed by atoms with E-state index in [0.29, 0.717) is 51.6 Å². The topological polar surface area (TPSA) is 122 Å². The van der Waals surface area contributed by atoms with Crippen LogP contribution in [0.1, 0.15) is 35.2 Å². The number of rotatable bonds is 16. The van der Waals surface area contributed by atoms with E-state index in [1.165, 1.54) is 7.11 Å². The monoisotopic (exact) mass is 495 g/mol. The maximum Gasteiger partial charge on any atom is 0.337 e. The van der Waals surface area contributed by atoms with Gasteiger partial charge in [0.25, 0.3) is 5.91 Å². The van der Waals surface area contributed by atoms with Gasteiger partial charge in [-0.3, -0.25) is 4.79 Å².